The number of rotatable bonds is 5. The van der Waals surface area contributed by atoms with Crippen LogP contribution in [0.3, 0.4) is 0 Å². The summed E-state index contributed by atoms with van der Waals surface area (Å²) in [5, 5.41) is 20.3. The van der Waals surface area contributed by atoms with Crippen LogP contribution in [0.15, 0.2) is 28.5 Å². The second-order valence-corrected chi connectivity index (χ2v) is 6.91. The first kappa shape index (κ1) is 13.3. The number of hydrogen-bond donors (Lipinski definition) is 1. The maximum absolute atomic E-state index is 9.68. The zero-order valence-electron chi connectivity index (χ0n) is 11.9. The van der Waals surface area contributed by atoms with Gasteiger partial charge in [0.25, 0.3) is 0 Å². The highest BCUT2D eigenvalue weighted by Gasteiger charge is 2.36. The van der Waals surface area contributed by atoms with Gasteiger partial charge in [0, 0.05) is 18.2 Å². The van der Waals surface area contributed by atoms with Crippen LogP contribution in [-0.2, 0) is 0 Å². The number of hydrogen-bond acceptors (Lipinski definition) is 5. The Labute approximate surface area is 127 Å². The van der Waals surface area contributed by atoms with E-state index in [9.17, 15) is 5.11 Å². The van der Waals surface area contributed by atoms with Crippen molar-refractivity contribution in [3.63, 3.8) is 0 Å². The van der Waals surface area contributed by atoms with Crippen LogP contribution in [0.1, 0.15) is 62.1 Å². The summed E-state index contributed by atoms with van der Waals surface area (Å²) in [7, 11) is 0. The highest BCUT2D eigenvalue weighted by atomic mass is 32.2. The van der Waals surface area contributed by atoms with E-state index in [1.165, 1.54) is 25.7 Å². The van der Waals surface area contributed by atoms with Crippen molar-refractivity contribution in [3.8, 4) is 0 Å². The lowest BCUT2D eigenvalue weighted by molar-refractivity contribution is 0.199. The lowest BCUT2D eigenvalue weighted by atomic mass is 10.2. The van der Waals surface area contributed by atoms with Gasteiger partial charge in [-0.3, -0.25) is 0 Å². The van der Waals surface area contributed by atoms with Crippen molar-refractivity contribution < 1.29 is 5.11 Å². The number of aliphatic hydroxyl groups is 1. The van der Waals surface area contributed by atoms with Crippen LogP contribution in [0.2, 0.25) is 0 Å². The molecular formula is C15H18N4OS. The van der Waals surface area contributed by atoms with Gasteiger partial charge in [0.1, 0.15) is 10.9 Å². The predicted molar refractivity (Wildman–Crippen MR) is 79.3 cm³/mol. The second-order valence-electron chi connectivity index (χ2n) is 5.92. The molecule has 2 aliphatic rings. The van der Waals surface area contributed by atoms with Crippen molar-refractivity contribution in [2.45, 2.75) is 60.9 Å². The van der Waals surface area contributed by atoms with E-state index < -0.39 is 6.10 Å². The van der Waals surface area contributed by atoms with E-state index in [0.717, 1.165) is 21.6 Å². The zero-order chi connectivity index (χ0) is 14.4. The lowest BCUT2D eigenvalue weighted by Gasteiger charge is -2.09. The molecule has 0 amide bonds. The standard InChI is InChI=1S/C15H18N4OS/c1-9(20)11-6-7-16-13(8-11)21-15-18-17-14(10-2-3-10)19(15)12-4-5-12/h6-10,12,20H,2-5H2,1H3/t9-/m0/s1. The van der Waals surface area contributed by atoms with Crippen molar-refractivity contribution in [2.24, 2.45) is 0 Å². The van der Waals surface area contributed by atoms with Gasteiger partial charge >= 0.3 is 0 Å². The molecule has 0 bridgehead atoms. The molecule has 2 aliphatic carbocycles. The number of pyridine rings is 1. The fraction of sp³-hybridized carbons (Fsp3) is 0.533. The number of aliphatic hydroxyl groups excluding tert-OH is 1. The van der Waals surface area contributed by atoms with E-state index in [4.69, 9.17) is 0 Å². The van der Waals surface area contributed by atoms with Crippen molar-refractivity contribution in [2.75, 3.05) is 0 Å². The van der Waals surface area contributed by atoms with Gasteiger partial charge in [-0.25, -0.2) is 4.98 Å². The van der Waals surface area contributed by atoms with E-state index >= 15 is 0 Å². The fourth-order valence-corrected chi connectivity index (χ4v) is 3.41. The van der Waals surface area contributed by atoms with Gasteiger partial charge in [-0.05, 0) is 62.1 Å². The molecule has 2 saturated carbocycles. The highest BCUT2D eigenvalue weighted by Crippen LogP contribution is 2.46. The predicted octanol–water partition coefficient (Wildman–Crippen LogP) is 3.09. The molecule has 1 N–H and O–H groups in total. The Balaban J connectivity index is 1.63. The van der Waals surface area contributed by atoms with Gasteiger partial charge in [-0.15, -0.1) is 10.2 Å². The molecule has 6 heteroatoms. The molecule has 2 aromatic rings. The van der Waals surface area contributed by atoms with Gasteiger partial charge in [0.2, 0.25) is 0 Å². The summed E-state index contributed by atoms with van der Waals surface area (Å²) in [4.78, 5) is 4.38. The zero-order valence-corrected chi connectivity index (χ0v) is 12.8. The average molecular weight is 302 g/mol. The molecule has 0 radical (unpaired) electrons. The van der Waals surface area contributed by atoms with E-state index in [0.29, 0.717) is 12.0 Å². The van der Waals surface area contributed by atoms with Crippen LogP contribution in [0.25, 0.3) is 0 Å². The van der Waals surface area contributed by atoms with E-state index in [2.05, 4.69) is 19.7 Å². The molecule has 1 atom stereocenters. The Kier molecular flexibility index (Phi) is 3.23. The molecule has 0 unspecified atom stereocenters. The average Bonchev–Trinajstić information content (AvgIpc) is 3.39. The molecule has 0 spiro atoms. The quantitative estimate of drug-likeness (QED) is 0.919. The Morgan fingerprint density at radius 1 is 1.29 bits per heavy atom. The summed E-state index contributed by atoms with van der Waals surface area (Å²) in [6, 6.07) is 4.35. The highest BCUT2D eigenvalue weighted by molar-refractivity contribution is 7.99. The summed E-state index contributed by atoms with van der Waals surface area (Å²) in [5.74, 6) is 1.77. The normalized spacial score (nSPS) is 19.7. The van der Waals surface area contributed by atoms with Crippen LogP contribution in [0.4, 0.5) is 0 Å². The minimum Gasteiger partial charge on any atom is -0.389 e. The van der Waals surface area contributed by atoms with Gasteiger partial charge in [-0.1, -0.05) is 0 Å². The summed E-state index contributed by atoms with van der Waals surface area (Å²) in [5.41, 5.74) is 0.882. The van der Waals surface area contributed by atoms with Crippen molar-refractivity contribution in [1.29, 1.82) is 0 Å². The largest absolute Gasteiger partial charge is 0.389 e. The monoisotopic (exact) mass is 302 g/mol. The molecule has 110 valence electrons. The van der Waals surface area contributed by atoms with E-state index in [1.807, 2.05) is 12.1 Å². The number of nitrogens with zero attached hydrogens (tertiary/aromatic N) is 4. The van der Waals surface area contributed by atoms with E-state index in [-0.39, 0.29) is 0 Å². The second kappa shape index (κ2) is 5.10. The van der Waals surface area contributed by atoms with Crippen LogP contribution in [0.5, 0.6) is 0 Å². The summed E-state index contributed by atoms with van der Waals surface area (Å²) >= 11 is 1.55. The van der Waals surface area contributed by atoms with Gasteiger partial charge < -0.3 is 9.67 Å². The third-order valence-corrected chi connectivity index (χ3v) is 4.88. The molecule has 5 nitrogen and oxygen atoms in total. The summed E-state index contributed by atoms with van der Waals surface area (Å²) in [6.07, 6.45) is 6.20. The van der Waals surface area contributed by atoms with Crippen LogP contribution >= 0.6 is 11.8 Å². The lowest BCUT2D eigenvalue weighted by Crippen LogP contribution is -2.02. The SMILES string of the molecule is C[C@H](O)c1ccnc(Sc2nnc(C3CC3)n2C2CC2)c1. The first-order chi connectivity index (χ1) is 10.2. The Bertz CT molecular complexity index is 661. The maximum Gasteiger partial charge on any atom is 0.197 e. The smallest absolute Gasteiger partial charge is 0.197 e. The Hall–Kier alpha value is -1.40. The molecule has 2 heterocycles. The maximum atomic E-state index is 9.68. The molecule has 2 fully saturated rings. The van der Waals surface area contributed by atoms with Crippen LogP contribution < -0.4 is 0 Å². The molecule has 21 heavy (non-hydrogen) atoms. The summed E-state index contributed by atoms with van der Waals surface area (Å²) < 4.78 is 2.32. The molecule has 0 saturated heterocycles. The molecular weight excluding hydrogens is 284 g/mol. The Morgan fingerprint density at radius 3 is 2.76 bits per heavy atom. The van der Waals surface area contributed by atoms with Crippen LogP contribution in [-0.4, -0.2) is 24.9 Å². The van der Waals surface area contributed by atoms with Gasteiger partial charge in [0.05, 0.1) is 6.10 Å². The fourth-order valence-electron chi connectivity index (χ4n) is 2.49. The van der Waals surface area contributed by atoms with Crippen molar-refractivity contribution in [3.05, 3.63) is 29.7 Å². The minimum absolute atomic E-state index is 0.476. The first-order valence-electron chi connectivity index (χ1n) is 7.49. The third-order valence-electron chi connectivity index (χ3n) is 3.98. The molecule has 4 rings (SSSR count). The molecule has 2 aromatic heterocycles. The van der Waals surface area contributed by atoms with Crippen molar-refractivity contribution >= 4 is 11.8 Å². The topological polar surface area (TPSA) is 63.8 Å². The van der Waals surface area contributed by atoms with Crippen LogP contribution in [0, 0.1) is 0 Å². The summed E-state index contributed by atoms with van der Waals surface area (Å²) in [6.45, 7) is 1.77. The minimum atomic E-state index is -0.476. The Morgan fingerprint density at radius 2 is 2.10 bits per heavy atom. The molecule has 0 aromatic carbocycles. The van der Waals surface area contributed by atoms with Gasteiger partial charge in [0.15, 0.2) is 5.16 Å². The third kappa shape index (κ3) is 2.70. The molecule has 0 aliphatic heterocycles. The van der Waals surface area contributed by atoms with Gasteiger partial charge in [-0.2, -0.15) is 0 Å². The first-order valence-corrected chi connectivity index (χ1v) is 8.30. The van der Waals surface area contributed by atoms with E-state index in [1.54, 1.807) is 24.9 Å². The van der Waals surface area contributed by atoms with Crippen molar-refractivity contribution in [1.82, 2.24) is 19.7 Å². The number of aromatic nitrogens is 4.